The molecule has 0 fully saturated rings. The molecule has 0 unspecified atom stereocenters. The van der Waals surface area contributed by atoms with Crippen LogP contribution in [0.25, 0.3) is 0 Å². The summed E-state index contributed by atoms with van der Waals surface area (Å²) in [5, 5.41) is 10.6. The monoisotopic (exact) mass is 372 g/mol. The molecule has 3 rings (SSSR count). The molecule has 6 nitrogen and oxygen atoms in total. The Morgan fingerprint density at radius 1 is 1.28 bits per heavy atom. The molecule has 0 aliphatic rings. The lowest BCUT2D eigenvalue weighted by Gasteiger charge is -2.08. The van der Waals surface area contributed by atoms with Gasteiger partial charge < -0.3 is 4.74 Å². The normalized spacial score (nSPS) is 10.9. The lowest BCUT2D eigenvalue weighted by atomic mass is 10.2. The summed E-state index contributed by atoms with van der Waals surface area (Å²) in [7, 11) is 0. The number of H-pyrrole nitrogens is 1. The molecule has 25 heavy (non-hydrogen) atoms. The van der Waals surface area contributed by atoms with Crippen molar-refractivity contribution in [1.82, 2.24) is 14.9 Å². The number of halogens is 1. The molecule has 126 valence electrons. The van der Waals surface area contributed by atoms with Crippen molar-refractivity contribution in [2.24, 2.45) is 5.10 Å². The highest BCUT2D eigenvalue weighted by molar-refractivity contribution is 7.71. The van der Waals surface area contributed by atoms with Crippen molar-refractivity contribution < 1.29 is 4.74 Å². The van der Waals surface area contributed by atoms with Crippen molar-refractivity contribution in [3.05, 3.63) is 86.0 Å². The predicted octanol–water partition coefficient (Wildman–Crippen LogP) is 3.42. The minimum atomic E-state index is -0.422. The van der Waals surface area contributed by atoms with E-state index in [1.54, 1.807) is 18.2 Å². The van der Waals surface area contributed by atoms with E-state index < -0.39 is 5.56 Å². The summed E-state index contributed by atoms with van der Waals surface area (Å²) in [5.41, 5.74) is 1.33. The number of hydrogen-bond acceptors (Lipinski definition) is 5. The van der Waals surface area contributed by atoms with Crippen LogP contribution in [0.2, 0.25) is 5.02 Å². The van der Waals surface area contributed by atoms with Crippen LogP contribution >= 0.6 is 23.8 Å². The van der Waals surface area contributed by atoms with Gasteiger partial charge in [0.1, 0.15) is 18.6 Å². The van der Waals surface area contributed by atoms with Gasteiger partial charge in [0.15, 0.2) is 0 Å². The molecule has 1 aromatic heterocycles. The zero-order valence-corrected chi connectivity index (χ0v) is 14.5. The van der Waals surface area contributed by atoms with E-state index in [2.05, 4.69) is 15.3 Å². The fraction of sp³-hybridized carbons (Fsp3) is 0.0588. The number of hydrogen-bond donors (Lipinski definition) is 1. The number of aromatic nitrogens is 3. The quantitative estimate of drug-likeness (QED) is 0.550. The van der Waals surface area contributed by atoms with Crippen LogP contribution in [0.5, 0.6) is 5.75 Å². The topological polar surface area (TPSA) is 72.3 Å². The Morgan fingerprint density at radius 3 is 2.80 bits per heavy atom. The average molecular weight is 373 g/mol. The van der Waals surface area contributed by atoms with Crippen molar-refractivity contribution in [1.29, 1.82) is 0 Å². The number of nitrogens with zero attached hydrogens (tertiary/aromatic N) is 3. The molecular formula is C17H13ClN4O2S. The Kier molecular flexibility index (Phi) is 5.37. The fourth-order valence-electron chi connectivity index (χ4n) is 2.03. The molecule has 8 heteroatoms. The standard InChI is InChI=1S/C17H13ClN4O2S/c18-14-8-13(9-20-22-16(23)10-19-21-17(22)25)6-7-15(14)24-11-12-4-2-1-3-5-12/h1-10H,11H2,(H,21,25)/b20-9-. The van der Waals surface area contributed by atoms with Crippen molar-refractivity contribution in [3.63, 3.8) is 0 Å². The first-order valence-electron chi connectivity index (χ1n) is 7.31. The Morgan fingerprint density at radius 2 is 2.08 bits per heavy atom. The van der Waals surface area contributed by atoms with E-state index in [1.807, 2.05) is 30.3 Å². The van der Waals surface area contributed by atoms with Gasteiger partial charge in [-0.05, 0) is 41.5 Å². The lowest BCUT2D eigenvalue weighted by molar-refractivity contribution is 0.306. The van der Waals surface area contributed by atoms with Crippen LogP contribution in [-0.4, -0.2) is 21.1 Å². The highest BCUT2D eigenvalue weighted by Crippen LogP contribution is 2.25. The van der Waals surface area contributed by atoms with Gasteiger partial charge in [-0.2, -0.15) is 14.9 Å². The highest BCUT2D eigenvalue weighted by Gasteiger charge is 2.03. The second kappa shape index (κ2) is 7.87. The molecule has 0 radical (unpaired) electrons. The lowest BCUT2D eigenvalue weighted by Crippen LogP contribution is -2.18. The smallest absolute Gasteiger partial charge is 0.293 e. The second-order valence-corrected chi connectivity index (χ2v) is 5.83. The van der Waals surface area contributed by atoms with Crippen LogP contribution in [0.4, 0.5) is 0 Å². The summed E-state index contributed by atoms with van der Waals surface area (Å²) in [4.78, 5) is 11.7. The minimum absolute atomic E-state index is 0.109. The first-order chi connectivity index (χ1) is 12.1. The molecule has 0 saturated carbocycles. The first kappa shape index (κ1) is 17.1. The molecular weight excluding hydrogens is 360 g/mol. The number of benzene rings is 2. The Bertz CT molecular complexity index is 987. The molecule has 0 aliphatic carbocycles. The molecule has 0 aliphatic heterocycles. The van der Waals surface area contributed by atoms with Gasteiger partial charge in [-0.15, -0.1) is 0 Å². The van der Waals surface area contributed by atoms with Crippen LogP contribution in [0, 0.1) is 4.77 Å². The van der Waals surface area contributed by atoms with Crippen molar-refractivity contribution in [2.45, 2.75) is 6.61 Å². The van der Waals surface area contributed by atoms with Gasteiger partial charge in [-0.25, -0.2) is 0 Å². The van der Waals surface area contributed by atoms with Crippen molar-refractivity contribution in [3.8, 4) is 5.75 Å². The third-order valence-corrected chi connectivity index (χ3v) is 3.81. The van der Waals surface area contributed by atoms with Crippen LogP contribution < -0.4 is 10.3 Å². The van der Waals surface area contributed by atoms with Gasteiger partial charge in [-0.3, -0.25) is 9.89 Å². The number of aromatic amines is 1. The highest BCUT2D eigenvalue weighted by atomic mass is 35.5. The summed E-state index contributed by atoms with van der Waals surface area (Å²) in [6.45, 7) is 0.426. The van der Waals surface area contributed by atoms with E-state index >= 15 is 0 Å². The molecule has 3 aromatic rings. The summed E-state index contributed by atoms with van der Waals surface area (Å²) in [6.07, 6.45) is 2.58. The second-order valence-electron chi connectivity index (χ2n) is 5.03. The molecule has 1 N–H and O–H groups in total. The van der Waals surface area contributed by atoms with E-state index in [1.165, 1.54) is 6.21 Å². The molecule has 0 spiro atoms. The molecule has 0 amide bonds. The van der Waals surface area contributed by atoms with Gasteiger partial charge in [0.25, 0.3) is 5.56 Å². The van der Waals surface area contributed by atoms with E-state index in [4.69, 9.17) is 28.6 Å². The zero-order valence-electron chi connectivity index (χ0n) is 12.9. The van der Waals surface area contributed by atoms with Crippen LogP contribution in [0.3, 0.4) is 0 Å². The summed E-state index contributed by atoms with van der Waals surface area (Å²) in [6, 6.07) is 15.0. The molecule has 0 saturated heterocycles. The number of rotatable bonds is 5. The maximum Gasteiger partial charge on any atom is 0.293 e. The van der Waals surface area contributed by atoms with Crippen molar-refractivity contribution >= 4 is 30.0 Å². The average Bonchev–Trinajstić information content (AvgIpc) is 2.61. The van der Waals surface area contributed by atoms with Gasteiger partial charge >= 0.3 is 0 Å². The zero-order chi connectivity index (χ0) is 17.6. The molecule has 0 bridgehead atoms. The molecule has 2 aromatic carbocycles. The Hall–Kier alpha value is -2.77. The van der Waals surface area contributed by atoms with Gasteiger partial charge in [-0.1, -0.05) is 41.9 Å². The number of ether oxygens (including phenoxy) is 1. The van der Waals surface area contributed by atoms with Crippen LogP contribution in [0.1, 0.15) is 11.1 Å². The van der Waals surface area contributed by atoms with E-state index in [9.17, 15) is 4.79 Å². The van der Waals surface area contributed by atoms with E-state index in [-0.39, 0.29) is 4.77 Å². The Balaban J connectivity index is 1.74. The summed E-state index contributed by atoms with van der Waals surface area (Å²) < 4.78 is 6.86. The third kappa shape index (κ3) is 4.40. The van der Waals surface area contributed by atoms with Gasteiger partial charge in [0.05, 0.1) is 11.2 Å². The number of nitrogens with one attached hydrogen (secondary N) is 1. The van der Waals surface area contributed by atoms with Gasteiger partial charge in [0.2, 0.25) is 4.77 Å². The Labute approximate surface area is 153 Å². The maximum atomic E-state index is 11.7. The largest absolute Gasteiger partial charge is 0.487 e. The van der Waals surface area contributed by atoms with Crippen molar-refractivity contribution in [2.75, 3.05) is 0 Å². The first-order valence-corrected chi connectivity index (χ1v) is 8.09. The van der Waals surface area contributed by atoms with Gasteiger partial charge in [0, 0.05) is 0 Å². The van der Waals surface area contributed by atoms with Crippen LogP contribution in [0.15, 0.2) is 64.6 Å². The molecule has 0 atom stereocenters. The van der Waals surface area contributed by atoms with E-state index in [0.29, 0.717) is 22.9 Å². The fourth-order valence-corrected chi connectivity index (χ4v) is 2.46. The van der Waals surface area contributed by atoms with E-state index in [0.717, 1.165) is 16.4 Å². The third-order valence-electron chi connectivity index (χ3n) is 3.25. The molecule has 1 heterocycles. The minimum Gasteiger partial charge on any atom is -0.487 e. The summed E-state index contributed by atoms with van der Waals surface area (Å²) in [5.74, 6) is 0.570. The van der Waals surface area contributed by atoms with Crippen LogP contribution in [-0.2, 0) is 6.61 Å². The SMILES string of the molecule is O=c1cn[nH]c(=S)n1/N=C\c1ccc(OCc2ccccc2)c(Cl)c1. The maximum absolute atomic E-state index is 11.7. The predicted molar refractivity (Wildman–Crippen MR) is 98.9 cm³/mol. The summed E-state index contributed by atoms with van der Waals surface area (Å²) >= 11 is 11.2.